The Kier molecular flexibility index (Phi) is 3.18. The first-order chi connectivity index (χ1) is 8.54. The number of anilines is 1. The minimum absolute atomic E-state index is 0.0279. The number of nitrogens with one attached hydrogen (secondary N) is 1. The standard InChI is InChI=1S/C12H8F2N2O2/c13-10-4-7(5-11(14)16-10)12(18)15-8-2-1-3-9(17)6-8/h1-6,17H,(H,15,18). The van der Waals surface area contributed by atoms with E-state index in [0.717, 1.165) is 12.1 Å². The van der Waals surface area contributed by atoms with Gasteiger partial charge in [-0.1, -0.05) is 6.07 Å². The molecule has 18 heavy (non-hydrogen) atoms. The van der Waals surface area contributed by atoms with Gasteiger partial charge in [-0.15, -0.1) is 0 Å². The molecule has 6 heteroatoms. The number of hydrogen-bond acceptors (Lipinski definition) is 3. The number of phenols is 1. The van der Waals surface area contributed by atoms with Gasteiger partial charge in [0.25, 0.3) is 5.91 Å². The molecular weight excluding hydrogens is 242 g/mol. The minimum atomic E-state index is -1.07. The Hall–Kier alpha value is -2.50. The molecule has 2 rings (SSSR count). The van der Waals surface area contributed by atoms with Gasteiger partial charge in [-0.05, 0) is 12.1 Å². The Labute approximate surface area is 101 Å². The molecule has 1 aromatic heterocycles. The van der Waals surface area contributed by atoms with Crippen LogP contribution in [0.5, 0.6) is 5.75 Å². The van der Waals surface area contributed by atoms with Crippen LogP contribution in [0.2, 0.25) is 0 Å². The third kappa shape index (κ3) is 2.79. The molecule has 0 spiro atoms. The fourth-order valence-corrected chi connectivity index (χ4v) is 1.38. The van der Waals surface area contributed by atoms with Gasteiger partial charge >= 0.3 is 0 Å². The van der Waals surface area contributed by atoms with E-state index in [-0.39, 0.29) is 11.3 Å². The highest BCUT2D eigenvalue weighted by Gasteiger charge is 2.10. The number of nitrogens with zero attached hydrogens (tertiary/aromatic N) is 1. The van der Waals surface area contributed by atoms with Gasteiger partial charge in [-0.2, -0.15) is 13.8 Å². The molecule has 0 radical (unpaired) electrons. The molecule has 1 amide bonds. The first kappa shape index (κ1) is 12.0. The second-order valence-electron chi connectivity index (χ2n) is 3.51. The zero-order valence-electron chi connectivity index (χ0n) is 9.02. The number of phenolic OH excluding ortho intramolecular Hbond substituents is 1. The topological polar surface area (TPSA) is 62.2 Å². The van der Waals surface area contributed by atoms with Crippen molar-refractivity contribution in [3.63, 3.8) is 0 Å². The van der Waals surface area contributed by atoms with Crippen molar-refractivity contribution < 1.29 is 18.7 Å². The van der Waals surface area contributed by atoms with Crippen molar-refractivity contribution in [2.45, 2.75) is 0 Å². The van der Waals surface area contributed by atoms with Gasteiger partial charge in [0, 0.05) is 29.4 Å². The summed E-state index contributed by atoms with van der Waals surface area (Å²) in [5, 5.41) is 11.6. The molecular formula is C12H8F2N2O2. The molecule has 92 valence electrons. The summed E-state index contributed by atoms with van der Waals surface area (Å²) < 4.78 is 25.6. The number of halogens is 2. The summed E-state index contributed by atoms with van der Waals surface area (Å²) in [7, 11) is 0. The van der Waals surface area contributed by atoms with Crippen LogP contribution in [0.4, 0.5) is 14.5 Å². The lowest BCUT2D eigenvalue weighted by atomic mass is 10.2. The zero-order valence-corrected chi connectivity index (χ0v) is 9.02. The van der Waals surface area contributed by atoms with Crippen LogP contribution in [0.15, 0.2) is 36.4 Å². The van der Waals surface area contributed by atoms with E-state index in [4.69, 9.17) is 0 Å². The second kappa shape index (κ2) is 4.79. The molecule has 0 bridgehead atoms. The van der Waals surface area contributed by atoms with Gasteiger partial charge in [0.05, 0.1) is 0 Å². The number of hydrogen-bond donors (Lipinski definition) is 2. The first-order valence-corrected chi connectivity index (χ1v) is 4.98. The molecule has 2 N–H and O–H groups in total. The van der Waals surface area contributed by atoms with E-state index in [2.05, 4.69) is 10.3 Å². The molecule has 1 heterocycles. The van der Waals surface area contributed by atoms with Gasteiger partial charge in [0.15, 0.2) is 0 Å². The van der Waals surface area contributed by atoms with Crippen molar-refractivity contribution in [3.8, 4) is 5.75 Å². The first-order valence-electron chi connectivity index (χ1n) is 4.98. The van der Waals surface area contributed by atoms with E-state index in [1.807, 2.05) is 0 Å². The van der Waals surface area contributed by atoms with E-state index < -0.39 is 17.8 Å². The van der Waals surface area contributed by atoms with Crippen molar-refractivity contribution in [1.82, 2.24) is 4.98 Å². The predicted molar refractivity (Wildman–Crippen MR) is 60.2 cm³/mol. The van der Waals surface area contributed by atoms with Crippen LogP contribution in [0, 0.1) is 11.9 Å². The number of rotatable bonds is 2. The quantitative estimate of drug-likeness (QED) is 0.804. The van der Waals surface area contributed by atoms with Gasteiger partial charge in [-0.3, -0.25) is 4.79 Å². The number of benzene rings is 1. The van der Waals surface area contributed by atoms with Crippen molar-refractivity contribution in [2.24, 2.45) is 0 Å². The van der Waals surface area contributed by atoms with Gasteiger partial charge in [0.2, 0.25) is 11.9 Å². The molecule has 1 aromatic carbocycles. The number of pyridine rings is 1. The summed E-state index contributed by atoms with van der Waals surface area (Å²) in [4.78, 5) is 14.6. The number of carbonyl (C=O) groups excluding carboxylic acids is 1. The molecule has 0 aliphatic rings. The van der Waals surface area contributed by atoms with Crippen LogP contribution in [-0.2, 0) is 0 Å². The highest BCUT2D eigenvalue weighted by atomic mass is 19.1. The fraction of sp³-hybridized carbons (Fsp3) is 0. The lowest BCUT2D eigenvalue weighted by Crippen LogP contribution is -2.13. The highest BCUT2D eigenvalue weighted by molar-refractivity contribution is 6.04. The van der Waals surface area contributed by atoms with Crippen LogP contribution in [0.25, 0.3) is 0 Å². The van der Waals surface area contributed by atoms with Crippen molar-refractivity contribution in [1.29, 1.82) is 0 Å². The maximum absolute atomic E-state index is 12.8. The van der Waals surface area contributed by atoms with Crippen molar-refractivity contribution in [2.75, 3.05) is 5.32 Å². The minimum Gasteiger partial charge on any atom is -0.508 e. The summed E-state index contributed by atoms with van der Waals surface area (Å²) in [6.45, 7) is 0. The smallest absolute Gasteiger partial charge is 0.255 e. The Morgan fingerprint density at radius 1 is 1.17 bits per heavy atom. The maximum Gasteiger partial charge on any atom is 0.255 e. The second-order valence-corrected chi connectivity index (χ2v) is 3.51. The summed E-state index contributed by atoms with van der Waals surface area (Å²) in [5.41, 5.74) is 0.126. The Balaban J connectivity index is 2.22. The maximum atomic E-state index is 12.8. The molecule has 0 saturated heterocycles. The van der Waals surface area contributed by atoms with Crippen LogP contribution in [0.3, 0.4) is 0 Å². The lowest BCUT2D eigenvalue weighted by Gasteiger charge is -2.05. The fourth-order valence-electron chi connectivity index (χ4n) is 1.38. The molecule has 4 nitrogen and oxygen atoms in total. The van der Waals surface area contributed by atoms with Gasteiger partial charge in [-0.25, -0.2) is 0 Å². The molecule has 0 unspecified atom stereocenters. The number of aromatic hydroxyl groups is 1. The Morgan fingerprint density at radius 2 is 1.83 bits per heavy atom. The predicted octanol–water partition coefficient (Wildman–Crippen LogP) is 2.32. The number of amides is 1. The lowest BCUT2D eigenvalue weighted by molar-refractivity contribution is 0.102. The molecule has 0 aliphatic heterocycles. The van der Waals surface area contributed by atoms with E-state index in [1.165, 1.54) is 24.3 Å². The van der Waals surface area contributed by atoms with E-state index >= 15 is 0 Å². The van der Waals surface area contributed by atoms with Crippen LogP contribution >= 0.6 is 0 Å². The SMILES string of the molecule is O=C(Nc1cccc(O)c1)c1cc(F)nc(F)c1. The molecule has 0 aliphatic carbocycles. The van der Waals surface area contributed by atoms with Crippen molar-refractivity contribution in [3.05, 3.63) is 53.9 Å². The normalized spacial score (nSPS) is 10.1. The van der Waals surface area contributed by atoms with Crippen LogP contribution in [-0.4, -0.2) is 16.0 Å². The van der Waals surface area contributed by atoms with Gasteiger partial charge in [0.1, 0.15) is 5.75 Å². The number of aromatic nitrogens is 1. The van der Waals surface area contributed by atoms with Crippen LogP contribution < -0.4 is 5.32 Å². The third-order valence-corrected chi connectivity index (χ3v) is 2.13. The highest BCUT2D eigenvalue weighted by Crippen LogP contribution is 2.16. The molecule has 2 aromatic rings. The molecule has 0 saturated carbocycles. The molecule has 0 atom stereocenters. The third-order valence-electron chi connectivity index (χ3n) is 2.13. The summed E-state index contributed by atoms with van der Waals surface area (Å²) in [6, 6.07) is 7.44. The number of carbonyl (C=O) groups is 1. The monoisotopic (exact) mass is 250 g/mol. The largest absolute Gasteiger partial charge is 0.508 e. The average Bonchev–Trinajstić information content (AvgIpc) is 2.27. The average molecular weight is 250 g/mol. The molecule has 0 fully saturated rings. The summed E-state index contributed by atoms with van der Waals surface area (Å²) >= 11 is 0. The van der Waals surface area contributed by atoms with Crippen LogP contribution in [0.1, 0.15) is 10.4 Å². The van der Waals surface area contributed by atoms with Gasteiger partial charge < -0.3 is 10.4 Å². The summed E-state index contributed by atoms with van der Waals surface area (Å²) in [5.74, 6) is -2.87. The zero-order chi connectivity index (χ0) is 13.1. The summed E-state index contributed by atoms with van der Waals surface area (Å²) in [6.07, 6.45) is 0. The van der Waals surface area contributed by atoms with E-state index in [0.29, 0.717) is 5.69 Å². The van der Waals surface area contributed by atoms with E-state index in [1.54, 1.807) is 0 Å². The Bertz CT molecular complexity index is 582. The Morgan fingerprint density at radius 3 is 2.44 bits per heavy atom. The van der Waals surface area contributed by atoms with Crippen molar-refractivity contribution >= 4 is 11.6 Å². The van der Waals surface area contributed by atoms with E-state index in [9.17, 15) is 18.7 Å².